The molecule has 12 heteroatoms. The van der Waals surface area contributed by atoms with Crippen molar-refractivity contribution in [3.8, 4) is 0 Å². The zero-order chi connectivity index (χ0) is 31.2. The molecule has 0 bridgehead atoms. The molecule has 1 N–H and O–H groups in total. The number of hydrogen-bond acceptors (Lipinski definition) is 4. The van der Waals surface area contributed by atoms with Crippen LogP contribution in [0.3, 0.4) is 0 Å². The Kier molecular flexibility index (Phi) is 10.7. The van der Waals surface area contributed by atoms with Crippen molar-refractivity contribution >= 4 is 39.1 Å². The molecule has 0 aliphatic carbocycles. The van der Waals surface area contributed by atoms with E-state index in [1.807, 2.05) is 19.1 Å². The van der Waals surface area contributed by atoms with E-state index in [2.05, 4.69) is 5.32 Å². The first-order valence-electron chi connectivity index (χ1n) is 13.3. The van der Waals surface area contributed by atoms with Crippen molar-refractivity contribution in [2.75, 3.05) is 17.4 Å². The number of sulfonamides is 1. The first-order chi connectivity index (χ1) is 19.7. The van der Waals surface area contributed by atoms with Gasteiger partial charge in [-0.2, -0.15) is 13.2 Å². The predicted molar refractivity (Wildman–Crippen MR) is 157 cm³/mol. The van der Waals surface area contributed by atoms with Gasteiger partial charge in [0.25, 0.3) is 10.0 Å². The molecule has 0 aromatic heterocycles. The van der Waals surface area contributed by atoms with Gasteiger partial charge in [0.2, 0.25) is 11.8 Å². The van der Waals surface area contributed by atoms with Crippen LogP contribution in [0, 0.1) is 13.8 Å². The summed E-state index contributed by atoms with van der Waals surface area (Å²) in [5.74, 6) is -1.20. The molecule has 226 valence electrons. The molecule has 0 saturated carbocycles. The summed E-state index contributed by atoms with van der Waals surface area (Å²) in [7, 11) is -4.54. The second-order valence-electron chi connectivity index (χ2n) is 9.81. The number of benzene rings is 3. The third kappa shape index (κ3) is 7.83. The fourth-order valence-corrected chi connectivity index (χ4v) is 5.98. The Balaban J connectivity index is 2.14. The van der Waals surface area contributed by atoms with Crippen molar-refractivity contribution in [2.24, 2.45) is 0 Å². The van der Waals surface area contributed by atoms with Crippen molar-refractivity contribution in [3.05, 3.63) is 94.0 Å². The zero-order valence-electron chi connectivity index (χ0n) is 23.7. The predicted octanol–water partition coefficient (Wildman–Crippen LogP) is 6.11. The van der Waals surface area contributed by atoms with Crippen LogP contribution in [0.15, 0.2) is 71.6 Å². The number of carbonyl (C=O) groups is 2. The van der Waals surface area contributed by atoms with Crippen LogP contribution in [-0.2, 0) is 32.3 Å². The third-order valence-electron chi connectivity index (χ3n) is 6.64. The fourth-order valence-electron chi connectivity index (χ4n) is 4.35. The molecule has 2 amide bonds. The van der Waals surface area contributed by atoms with E-state index in [0.29, 0.717) is 22.5 Å². The van der Waals surface area contributed by atoms with E-state index >= 15 is 0 Å². The van der Waals surface area contributed by atoms with Gasteiger partial charge in [-0.3, -0.25) is 13.9 Å². The molecular formula is C30H33ClF3N3O4S. The second-order valence-corrected chi connectivity index (χ2v) is 12.1. The first kappa shape index (κ1) is 32.9. The molecule has 0 fully saturated rings. The molecule has 3 aromatic carbocycles. The van der Waals surface area contributed by atoms with Gasteiger partial charge in [0, 0.05) is 13.1 Å². The van der Waals surface area contributed by atoms with Crippen LogP contribution in [0.4, 0.5) is 18.9 Å². The maximum atomic E-state index is 14.0. The van der Waals surface area contributed by atoms with Crippen molar-refractivity contribution in [3.63, 3.8) is 0 Å². The highest BCUT2D eigenvalue weighted by Gasteiger charge is 2.37. The number of aryl methyl sites for hydroxylation is 2. The number of nitrogens with zero attached hydrogens (tertiary/aromatic N) is 2. The Morgan fingerprint density at radius 3 is 2.02 bits per heavy atom. The van der Waals surface area contributed by atoms with E-state index in [0.717, 1.165) is 23.3 Å². The number of amides is 2. The number of hydrogen-bond donors (Lipinski definition) is 1. The summed E-state index contributed by atoms with van der Waals surface area (Å²) in [5, 5.41) is 2.08. The summed E-state index contributed by atoms with van der Waals surface area (Å²) >= 11 is 5.81. The average Bonchev–Trinajstić information content (AvgIpc) is 2.92. The van der Waals surface area contributed by atoms with E-state index in [4.69, 9.17) is 11.6 Å². The molecule has 3 aromatic rings. The maximum Gasteiger partial charge on any atom is 0.417 e. The van der Waals surface area contributed by atoms with E-state index in [1.165, 1.54) is 17.0 Å². The molecular weight excluding hydrogens is 591 g/mol. The van der Waals surface area contributed by atoms with Crippen LogP contribution in [0.2, 0.25) is 5.02 Å². The molecule has 0 heterocycles. The highest BCUT2D eigenvalue weighted by atomic mass is 35.5. The number of likely N-dealkylation sites (N-methyl/N-ethyl adjacent to an activating group) is 1. The third-order valence-corrected chi connectivity index (χ3v) is 8.76. The lowest BCUT2D eigenvalue weighted by atomic mass is 10.1. The summed E-state index contributed by atoms with van der Waals surface area (Å²) in [5.41, 5.74) is 0.784. The molecule has 0 spiro atoms. The summed E-state index contributed by atoms with van der Waals surface area (Å²) < 4.78 is 69.7. The minimum atomic E-state index is -4.88. The van der Waals surface area contributed by atoms with Gasteiger partial charge in [-0.1, -0.05) is 66.0 Å². The Morgan fingerprint density at radius 2 is 1.50 bits per heavy atom. The molecule has 42 heavy (non-hydrogen) atoms. The maximum absolute atomic E-state index is 14.0. The van der Waals surface area contributed by atoms with E-state index < -0.39 is 56.9 Å². The first-order valence-corrected chi connectivity index (χ1v) is 15.1. The SMILES string of the molecule is CCNC(=O)C(CC)N(Cc1ccc(C)cc1)C(=O)CN(c1ccc(Cl)c(C(F)(F)F)c1)S(=O)(=O)c1ccc(C)cc1. The van der Waals surface area contributed by atoms with Crippen molar-refractivity contribution < 1.29 is 31.2 Å². The Hall–Kier alpha value is -3.57. The standard InChI is InChI=1S/C30H33ClF3N3O4S/c1-5-27(29(39)35-6-2)36(18-22-11-7-20(3)8-12-22)28(38)19-37(42(40,41)24-14-9-21(4)10-15-24)23-13-16-26(31)25(17-23)30(32,33)34/h7-17,27H,5-6,18-19H2,1-4H3,(H,35,39). The van der Waals surface area contributed by atoms with E-state index in [9.17, 15) is 31.2 Å². The lowest BCUT2D eigenvalue weighted by Gasteiger charge is -2.33. The van der Waals surface area contributed by atoms with Gasteiger partial charge < -0.3 is 10.2 Å². The molecule has 0 radical (unpaired) electrons. The normalized spacial score (nSPS) is 12.5. The summed E-state index contributed by atoms with van der Waals surface area (Å²) in [6, 6.07) is 14.7. The lowest BCUT2D eigenvalue weighted by Crippen LogP contribution is -2.52. The topological polar surface area (TPSA) is 86.8 Å². The van der Waals surface area contributed by atoms with Crippen molar-refractivity contribution in [2.45, 2.75) is 57.8 Å². The van der Waals surface area contributed by atoms with Gasteiger partial charge in [-0.05, 0) is 63.1 Å². The van der Waals surface area contributed by atoms with Crippen LogP contribution >= 0.6 is 11.6 Å². The van der Waals surface area contributed by atoms with Crippen LogP contribution in [0.5, 0.6) is 0 Å². The number of anilines is 1. The number of rotatable bonds is 11. The monoisotopic (exact) mass is 623 g/mol. The highest BCUT2D eigenvalue weighted by Crippen LogP contribution is 2.38. The highest BCUT2D eigenvalue weighted by molar-refractivity contribution is 7.92. The molecule has 0 aliphatic heterocycles. The molecule has 1 atom stereocenters. The molecule has 1 unspecified atom stereocenters. The lowest BCUT2D eigenvalue weighted by molar-refractivity contribution is -0.140. The van der Waals surface area contributed by atoms with Gasteiger partial charge in [0.05, 0.1) is 21.2 Å². The number of halogens is 4. The average molecular weight is 624 g/mol. The number of nitrogens with one attached hydrogen (secondary N) is 1. The van der Waals surface area contributed by atoms with Crippen LogP contribution in [0.25, 0.3) is 0 Å². The van der Waals surface area contributed by atoms with Crippen molar-refractivity contribution in [1.29, 1.82) is 0 Å². The molecule has 0 aliphatic rings. The van der Waals surface area contributed by atoms with Gasteiger partial charge in [0.15, 0.2) is 0 Å². The smallest absolute Gasteiger partial charge is 0.355 e. The Bertz CT molecular complexity index is 1510. The fraction of sp³-hybridized carbons (Fsp3) is 0.333. The molecule has 0 saturated heterocycles. The van der Waals surface area contributed by atoms with Gasteiger partial charge in [-0.25, -0.2) is 8.42 Å². The summed E-state index contributed by atoms with van der Waals surface area (Å²) in [6.07, 6.45) is -4.66. The van der Waals surface area contributed by atoms with Crippen LogP contribution in [-0.4, -0.2) is 44.3 Å². The van der Waals surface area contributed by atoms with E-state index in [-0.39, 0.29) is 17.9 Å². The summed E-state index contributed by atoms with van der Waals surface area (Å²) in [4.78, 5) is 28.0. The second kappa shape index (κ2) is 13.6. The number of alkyl halides is 3. The largest absolute Gasteiger partial charge is 0.417 e. The van der Waals surface area contributed by atoms with Crippen LogP contribution in [0.1, 0.15) is 42.5 Å². The minimum Gasteiger partial charge on any atom is -0.355 e. The van der Waals surface area contributed by atoms with Crippen LogP contribution < -0.4 is 9.62 Å². The minimum absolute atomic E-state index is 0.0262. The Morgan fingerprint density at radius 1 is 0.929 bits per heavy atom. The van der Waals surface area contributed by atoms with Gasteiger partial charge in [0.1, 0.15) is 12.6 Å². The van der Waals surface area contributed by atoms with Gasteiger partial charge >= 0.3 is 6.18 Å². The molecule has 7 nitrogen and oxygen atoms in total. The van der Waals surface area contributed by atoms with Gasteiger partial charge in [-0.15, -0.1) is 0 Å². The van der Waals surface area contributed by atoms with Crippen molar-refractivity contribution in [1.82, 2.24) is 10.2 Å². The molecule has 3 rings (SSSR count). The summed E-state index contributed by atoms with van der Waals surface area (Å²) in [6.45, 7) is 6.50. The number of carbonyl (C=O) groups excluding carboxylic acids is 2. The quantitative estimate of drug-likeness (QED) is 0.279. The Labute approximate surface area is 249 Å². The van der Waals surface area contributed by atoms with E-state index in [1.54, 1.807) is 45.0 Å². The zero-order valence-corrected chi connectivity index (χ0v) is 25.3.